The quantitative estimate of drug-likeness (QED) is 0.575. The second-order valence-electron chi connectivity index (χ2n) is 5.55. The number of ether oxygens (including phenoxy) is 1. The van der Waals surface area contributed by atoms with Crippen LogP contribution in [0.15, 0.2) is 61.1 Å². The maximum atomic E-state index is 5.20. The number of pyridine rings is 1. The summed E-state index contributed by atoms with van der Waals surface area (Å²) in [6.45, 7) is 0.886. The highest BCUT2D eigenvalue weighted by molar-refractivity contribution is 6.01. The SMILES string of the molecule is COc1ccc(CCn2cnc3cnc4ccccc4c32)cc1. The van der Waals surface area contributed by atoms with Crippen LogP contribution in [0.5, 0.6) is 5.75 Å². The Labute approximate surface area is 134 Å². The number of aromatic nitrogens is 3. The fourth-order valence-corrected chi connectivity index (χ4v) is 2.91. The lowest BCUT2D eigenvalue weighted by molar-refractivity contribution is 0.414. The fourth-order valence-electron chi connectivity index (χ4n) is 2.91. The molecule has 0 aliphatic rings. The van der Waals surface area contributed by atoms with Crippen LogP contribution in [-0.4, -0.2) is 21.6 Å². The third kappa shape index (κ3) is 2.52. The monoisotopic (exact) mass is 303 g/mol. The minimum absolute atomic E-state index is 0.886. The molecule has 114 valence electrons. The number of aryl methyl sites for hydroxylation is 2. The van der Waals surface area contributed by atoms with Gasteiger partial charge in [-0.1, -0.05) is 30.3 Å². The molecule has 2 aromatic heterocycles. The lowest BCUT2D eigenvalue weighted by Gasteiger charge is -2.07. The minimum atomic E-state index is 0.886. The van der Waals surface area contributed by atoms with Gasteiger partial charge < -0.3 is 9.30 Å². The highest BCUT2D eigenvalue weighted by Crippen LogP contribution is 2.23. The van der Waals surface area contributed by atoms with Crippen LogP contribution in [0.2, 0.25) is 0 Å². The van der Waals surface area contributed by atoms with Gasteiger partial charge >= 0.3 is 0 Å². The Kier molecular flexibility index (Phi) is 3.42. The van der Waals surface area contributed by atoms with Gasteiger partial charge in [0.25, 0.3) is 0 Å². The number of benzene rings is 2. The van der Waals surface area contributed by atoms with Crippen LogP contribution in [0, 0.1) is 0 Å². The number of para-hydroxylation sites is 1. The first-order chi connectivity index (χ1) is 11.3. The molecule has 4 rings (SSSR count). The predicted molar refractivity (Wildman–Crippen MR) is 91.7 cm³/mol. The van der Waals surface area contributed by atoms with Crippen molar-refractivity contribution in [3.05, 3.63) is 66.6 Å². The summed E-state index contributed by atoms with van der Waals surface area (Å²) in [5.74, 6) is 0.888. The van der Waals surface area contributed by atoms with Crippen LogP contribution < -0.4 is 4.74 Å². The zero-order chi connectivity index (χ0) is 15.6. The van der Waals surface area contributed by atoms with Crippen LogP contribution in [0.1, 0.15) is 5.56 Å². The average Bonchev–Trinajstić information content (AvgIpc) is 3.04. The fraction of sp³-hybridized carbons (Fsp3) is 0.158. The van der Waals surface area contributed by atoms with Crippen LogP contribution in [0.25, 0.3) is 21.9 Å². The summed E-state index contributed by atoms with van der Waals surface area (Å²) in [7, 11) is 1.69. The van der Waals surface area contributed by atoms with E-state index in [1.807, 2.05) is 42.9 Å². The van der Waals surface area contributed by atoms with Gasteiger partial charge in [0, 0.05) is 11.9 Å². The van der Waals surface area contributed by atoms with Gasteiger partial charge in [0.15, 0.2) is 0 Å². The molecule has 0 atom stereocenters. The van der Waals surface area contributed by atoms with Gasteiger partial charge in [-0.25, -0.2) is 4.98 Å². The first-order valence-electron chi connectivity index (χ1n) is 7.66. The summed E-state index contributed by atoms with van der Waals surface area (Å²) in [6, 6.07) is 16.4. The largest absolute Gasteiger partial charge is 0.497 e. The molecule has 0 aliphatic carbocycles. The van der Waals surface area contributed by atoms with E-state index in [1.54, 1.807) is 7.11 Å². The second-order valence-corrected chi connectivity index (χ2v) is 5.55. The third-order valence-electron chi connectivity index (χ3n) is 4.15. The number of methoxy groups -OCH3 is 1. The predicted octanol–water partition coefficient (Wildman–Crippen LogP) is 3.84. The number of rotatable bonds is 4. The molecule has 0 bridgehead atoms. The Bertz CT molecular complexity index is 957. The number of imidazole rings is 1. The first kappa shape index (κ1) is 13.8. The highest BCUT2D eigenvalue weighted by Gasteiger charge is 2.08. The van der Waals surface area contributed by atoms with Gasteiger partial charge in [0.1, 0.15) is 11.3 Å². The van der Waals surface area contributed by atoms with Crippen molar-refractivity contribution in [2.75, 3.05) is 7.11 Å². The third-order valence-corrected chi connectivity index (χ3v) is 4.15. The molecule has 0 saturated heterocycles. The topological polar surface area (TPSA) is 39.9 Å². The van der Waals surface area contributed by atoms with Crippen molar-refractivity contribution in [2.24, 2.45) is 0 Å². The molecule has 4 aromatic rings. The van der Waals surface area contributed by atoms with Crippen LogP contribution >= 0.6 is 0 Å². The van der Waals surface area contributed by atoms with E-state index in [9.17, 15) is 0 Å². The summed E-state index contributed by atoms with van der Waals surface area (Å²) in [5.41, 5.74) is 4.39. The van der Waals surface area contributed by atoms with E-state index in [-0.39, 0.29) is 0 Å². The van der Waals surface area contributed by atoms with Crippen LogP contribution in [-0.2, 0) is 13.0 Å². The van der Waals surface area contributed by atoms with E-state index in [0.717, 1.165) is 40.7 Å². The zero-order valence-electron chi connectivity index (χ0n) is 12.9. The maximum absolute atomic E-state index is 5.20. The molecule has 23 heavy (non-hydrogen) atoms. The Hall–Kier alpha value is -2.88. The van der Waals surface area contributed by atoms with Crippen molar-refractivity contribution in [2.45, 2.75) is 13.0 Å². The molecule has 0 saturated carbocycles. The number of hydrogen-bond donors (Lipinski definition) is 0. The summed E-state index contributed by atoms with van der Waals surface area (Å²) in [6.07, 6.45) is 4.70. The molecule has 2 aromatic carbocycles. The van der Waals surface area contributed by atoms with Gasteiger partial charge in [-0.15, -0.1) is 0 Å². The van der Waals surface area contributed by atoms with E-state index in [0.29, 0.717) is 0 Å². The Morgan fingerprint density at radius 1 is 0.957 bits per heavy atom. The molecule has 0 spiro atoms. The number of nitrogens with zero attached hydrogens (tertiary/aromatic N) is 3. The Balaban J connectivity index is 1.67. The maximum Gasteiger partial charge on any atom is 0.118 e. The van der Waals surface area contributed by atoms with Gasteiger partial charge in [0.05, 0.1) is 30.7 Å². The molecule has 4 heteroatoms. The second kappa shape index (κ2) is 5.72. The van der Waals surface area contributed by atoms with Gasteiger partial charge in [-0.05, 0) is 30.2 Å². The highest BCUT2D eigenvalue weighted by atomic mass is 16.5. The molecule has 0 N–H and O–H groups in total. The first-order valence-corrected chi connectivity index (χ1v) is 7.66. The lowest BCUT2D eigenvalue weighted by Crippen LogP contribution is -2.00. The number of fused-ring (bicyclic) bond motifs is 3. The van der Waals surface area contributed by atoms with E-state index in [4.69, 9.17) is 4.74 Å². The van der Waals surface area contributed by atoms with Crippen molar-refractivity contribution in [1.82, 2.24) is 14.5 Å². The molecule has 0 unspecified atom stereocenters. The molecular formula is C19H17N3O. The van der Waals surface area contributed by atoms with Crippen molar-refractivity contribution >= 4 is 21.9 Å². The summed E-state index contributed by atoms with van der Waals surface area (Å²) in [4.78, 5) is 8.96. The van der Waals surface area contributed by atoms with E-state index in [2.05, 4.69) is 32.7 Å². The van der Waals surface area contributed by atoms with Crippen LogP contribution in [0.4, 0.5) is 0 Å². The smallest absolute Gasteiger partial charge is 0.118 e. The van der Waals surface area contributed by atoms with Crippen LogP contribution in [0.3, 0.4) is 0 Å². The normalized spacial score (nSPS) is 11.2. The van der Waals surface area contributed by atoms with Crippen molar-refractivity contribution in [3.8, 4) is 5.75 Å². The molecule has 0 fully saturated rings. The summed E-state index contributed by atoms with van der Waals surface area (Å²) in [5, 5.41) is 1.15. The molecular weight excluding hydrogens is 286 g/mol. The molecule has 0 amide bonds. The van der Waals surface area contributed by atoms with E-state index in [1.165, 1.54) is 5.56 Å². The van der Waals surface area contributed by atoms with E-state index < -0.39 is 0 Å². The van der Waals surface area contributed by atoms with E-state index >= 15 is 0 Å². The molecule has 0 radical (unpaired) electrons. The summed E-state index contributed by atoms with van der Waals surface area (Å²) >= 11 is 0. The average molecular weight is 303 g/mol. The Morgan fingerprint density at radius 3 is 2.61 bits per heavy atom. The molecule has 4 nitrogen and oxygen atoms in total. The molecule has 2 heterocycles. The van der Waals surface area contributed by atoms with Crippen molar-refractivity contribution in [1.29, 1.82) is 0 Å². The summed E-state index contributed by atoms with van der Waals surface area (Å²) < 4.78 is 7.42. The molecule has 0 aliphatic heterocycles. The van der Waals surface area contributed by atoms with Gasteiger partial charge in [0.2, 0.25) is 0 Å². The van der Waals surface area contributed by atoms with Crippen molar-refractivity contribution in [3.63, 3.8) is 0 Å². The minimum Gasteiger partial charge on any atom is -0.497 e. The van der Waals surface area contributed by atoms with Gasteiger partial charge in [-0.3, -0.25) is 4.98 Å². The lowest BCUT2D eigenvalue weighted by atomic mass is 10.1. The standard InChI is InChI=1S/C19H17N3O/c1-23-15-8-6-14(7-9-15)10-11-22-13-21-18-12-20-17-5-3-2-4-16(17)19(18)22/h2-9,12-13H,10-11H2,1H3. The zero-order valence-corrected chi connectivity index (χ0v) is 12.9. The number of hydrogen-bond acceptors (Lipinski definition) is 3. The van der Waals surface area contributed by atoms with Gasteiger partial charge in [-0.2, -0.15) is 0 Å². The Morgan fingerprint density at radius 2 is 1.78 bits per heavy atom. The van der Waals surface area contributed by atoms with Crippen molar-refractivity contribution < 1.29 is 4.74 Å².